The zero-order chi connectivity index (χ0) is 11.3. The lowest BCUT2D eigenvalue weighted by Crippen LogP contribution is -2.43. The molecule has 2 N–H and O–H groups in total. The average molecular weight is 235 g/mol. The van der Waals surface area contributed by atoms with Crippen LogP contribution < -0.4 is 5.73 Å². The predicted octanol–water partition coefficient (Wildman–Crippen LogP) is 0.708. The third kappa shape index (κ3) is 3.74. The Kier molecular flexibility index (Phi) is 5.02. The fourth-order valence-corrected chi connectivity index (χ4v) is 4.21. The minimum absolute atomic E-state index is 0.217. The van der Waals surface area contributed by atoms with Gasteiger partial charge in [0.15, 0.2) is 9.84 Å². The molecule has 90 valence electrons. The van der Waals surface area contributed by atoms with Gasteiger partial charge in [-0.2, -0.15) is 0 Å². The van der Waals surface area contributed by atoms with E-state index in [0.29, 0.717) is 12.4 Å². The summed E-state index contributed by atoms with van der Waals surface area (Å²) >= 11 is 0. The van der Waals surface area contributed by atoms with Gasteiger partial charge in [0.2, 0.25) is 0 Å². The van der Waals surface area contributed by atoms with Gasteiger partial charge in [-0.1, -0.05) is 6.42 Å². The first kappa shape index (κ1) is 12.9. The molecule has 4 nitrogen and oxygen atoms in total. The van der Waals surface area contributed by atoms with Crippen molar-refractivity contribution >= 4 is 9.84 Å². The largest absolute Gasteiger partial charge is 0.385 e. The zero-order valence-electron chi connectivity index (χ0n) is 9.31. The van der Waals surface area contributed by atoms with E-state index in [-0.39, 0.29) is 11.3 Å². The second-order valence-electron chi connectivity index (χ2n) is 4.20. The van der Waals surface area contributed by atoms with Crippen molar-refractivity contribution in [2.45, 2.75) is 43.4 Å². The lowest BCUT2D eigenvalue weighted by Gasteiger charge is -2.27. The van der Waals surface area contributed by atoms with Gasteiger partial charge in [-0.05, 0) is 25.7 Å². The summed E-state index contributed by atoms with van der Waals surface area (Å²) in [5.74, 6) is 0.315. The summed E-state index contributed by atoms with van der Waals surface area (Å²) in [5.41, 5.74) is 5.93. The van der Waals surface area contributed by atoms with Gasteiger partial charge in [-0.3, -0.25) is 0 Å². The van der Waals surface area contributed by atoms with Crippen molar-refractivity contribution in [3.05, 3.63) is 0 Å². The Morgan fingerprint density at radius 1 is 1.47 bits per heavy atom. The molecule has 2 atom stereocenters. The van der Waals surface area contributed by atoms with E-state index < -0.39 is 9.84 Å². The molecular weight excluding hydrogens is 214 g/mol. The molecule has 1 saturated heterocycles. The predicted molar refractivity (Wildman–Crippen MR) is 60.5 cm³/mol. The highest BCUT2D eigenvalue weighted by Gasteiger charge is 2.33. The van der Waals surface area contributed by atoms with Crippen LogP contribution in [0.15, 0.2) is 0 Å². The monoisotopic (exact) mass is 235 g/mol. The van der Waals surface area contributed by atoms with Gasteiger partial charge in [-0.15, -0.1) is 0 Å². The Labute approximate surface area is 92.1 Å². The molecule has 0 aliphatic carbocycles. The number of sulfone groups is 1. The molecule has 0 aromatic carbocycles. The Bertz CT molecular complexity index is 276. The quantitative estimate of drug-likeness (QED) is 0.712. The summed E-state index contributed by atoms with van der Waals surface area (Å²) in [4.78, 5) is 0. The third-order valence-electron chi connectivity index (χ3n) is 2.99. The van der Waals surface area contributed by atoms with E-state index in [9.17, 15) is 8.42 Å². The Morgan fingerprint density at radius 2 is 2.20 bits per heavy atom. The molecule has 1 fully saturated rings. The smallest absolute Gasteiger partial charge is 0.154 e. The molecule has 1 heterocycles. The maximum Gasteiger partial charge on any atom is 0.154 e. The molecule has 0 aromatic rings. The SMILES string of the molecule is COCCCC(N)C1CCCCS1(=O)=O. The van der Waals surface area contributed by atoms with Crippen molar-refractivity contribution in [1.82, 2.24) is 0 Å². The summed E-state index contributed by atoms with van der Waals surface area (Å²) in [6.07, 6.45) is 4.09. The van der Waals surface area contributed by atoms with Crippen molar-refractivity contribution in [1.29, 1.82) is 0 Å². The minimum atomic E-state index is -2.93. The standard InChI is InChI=1S/C10H21NO3S/c1-14-7-4-5-9(11)10-6-2-3-8-15(10,12)13/h9-10H,2-8,11H2,1H3. The highest BCUT2D eigenvalue weighted by Crippen LogP contribution is 2.23. The number of methoxy groups -OCH3 is 1. The topological polar surface area (TPSA) is 69.4 Å². The second kappa shape index (κ2) is 5.82. The molecule has 0 spiro atoms. The van der Waals surface area contributed by atoms with E-state index in [2.05, 4.69) is 0 Å². The van der Waals surface area contributed by atoms with Gasteiger partial charge < -0.3 is 10.5 Å². The van der Waals surface area contributed by atoms with Gasteiger partial charge >= 0.3 is 0 Å². The van der Waals surface area contributed by atoms with Crippen LogP contribution in [0, 0.1) is 0 Å². The van der Waals surface area contributed by atoms with Crippen molar-refractivity contribution in [3.8, 4) is 0 Å². The molecule has 0 saturated carbocycles. The summed E-state index contributed by atoms with van der Waals surface area (Å²) in [6, 6.07) is -0.217. The summed E-state index contributed by atoms with van der Waals surface area (Å²) < 4.78 is 28.4. The molecular formula is C10H21NO3S. The number of ether oxygens (including phenoxy) is 1. The van der Waals surface area contributed by atoms with E-state index >= 15 is 0 Å². The van der Waals surface area contributed by atoms with Crippen LogP contribution >= 0.6 is 0 Å². The van der Waals surface area contributed by atoms with Crippen molar-refractivity contribution < 1.29 is 13.2 Å². The van der Waals surface area contributed by atoms with E-state index in [0.717, 1.165) is 32.1 Å². The first-order valence-electron chi connectivity index (χ1n) is 5.54. The normalized spacial score (nSPS) is 27.5. The van der Waals surface area contributed by atoms with E-state index in [4.69, 9.17) is 10.5 Å². The fourth-order valence-electron chi connectivity index (χ4n) is 2.11. The number of rotatable bonds is 5. The number of nitrogens with two attached hydrogens (primary N) is 1. The fraction of sp³-hybridized carbons (Fsp3) is 1.00. The zero-order valence-corrected chi connectivity index (χ0v) is 10.1. The van der Waals surface area contributed by atoms with Crippen LogP contribution in [0.4, 0.5) is 0 Å². The van der Waals surface area contributed by atoms with Crippen LogP contribution in [-0.4, -0.2) is 39.2 Å². The Balaban J connectivity index is 2.46. The van der Waals surface area contributed by atoms with Crippen molar-refractivity contribution in [2.75, 3.05) is 19.5 Å². The van der Waals surface area contributed by atoms with Gasteiger partial charge in [0, 0.05) is 19.8 Å². The lowest BCUT2D eigenvalue weighted by molar-refractivity contribution is 0.190. The lowest BCUT2D eigenvalue weighted by atomic mass is 10.0. The van der Waals surface area contributed by atoms with Gasteiger partial charge in [0.05, 0.1) is 11.0 Å². The average Bonchev–Trinajstić information content (AvgIpc) is 2.17. The Hall–Kier alpha value is -0.130. The van der Waals surface area contributed by atoms with Gasteiger partial charge in [0.25, 0.3) is 0 Å². The molecule has 1 aliphatic rings. The molecule has 15 heavy (non-hydrogen) atoms. The molecule has 0 amide bonds. The van der Waals surface area contributed by atoms with E-state index in [1.807, 2.05) is 0 Å². The molecule has 1 rings (SSSR count). The maximum absolute atomic E-state index is 11.7. The molecule has 5 heteroatoms. The van der Waals surface area contributed by atoms with Crippen molar-refractivity contribution in [3.63, 3.8) is 0 Å². The molecule has 0 aromatic heterocycles. The molecule has 0 radical (unpaired) electrons. The van der Waals surface area contributed by atoms with Crippen LogP contribution in [0.25, 0.3) is 0 Å². The number of hydrogen-bond donors (Lipinski definition) is 1. The summed E-state index contributed by atoms with van der Waals surface area (Å²) in [5, 5.41) is -0.317. The van der Waals surface area contributed by atoms with Crippen LogP contribution in [0.1, 0.15) is 32.1 Å². The van der Waals surface area contributed by atoms with Crippen LogP contribution in [-0.2, 0) is 14.6 Å². The third-order valence-corrected chi connectivity index (χ3v) is 5.36. The minimum Gasteiger partial charge on any atom is -0.385 e. The van der Waals surface area contributed by atoms with Crippen LogP contribution in [0.5, 0.6) is 0 Å². The first-order valence-corrected chi connectivity index (χ1v) is 7.25. The van der Waals surface area contributed by atoms with E-state index in [1.165, 1.54) is 0 Å². The Morgan fingerprint density at radius 3 is 2.80 bits per heavy atom. The van der Waals surface area contributed by atoms with E-state index in [1.54, 1.807) is 7.11 Å². The molecule has 0 bridgehead atoms. The highest BCUT2D eigenvalue weighted by atomic mass is 32.2. The maximum atomic E-state index is 11.7. The van der Waals surface area contributed by atoms with Crippen LogP contribution in [0.2, 0.25) is 0 Å². The van der Waals surface area contributed by atoms with Gasteiger partial charge in [-0.25, -0.2) is 8.42 Å². The van der Waals surface area contributed by atoms with Crippen LogP contribution in [0.3, 0.4) is 0 Å². The summed E-state index contributed by atoms with van der Waals surface area (Å²) in [6.45, 7) is 0.653. The first-order chi connectivity index (χ1) is 7.08. The second-order valence-corrected chi connectivity index (χ2v) is 6.54. The van der Waals surface area contributed by atoms with Gasteiger partial charge in [0.1, 0.15) is 0 Å². The molecule has 1 aliphatic heterocycles. The summed E-state index contributed by atoms with van der Waals surface area (Å²) in [7, 11) is -1.28. The number of hydrogen-bond acceptors (Lipinski definition) is 4. The van der Waals surface area contributed by atoms with Crippen molar-refractivity contribution in [2.24, 2.45) is 5.73 Å². The highest BCUT2D eigenvalue weighted by molar-refractivity contribution is 7.92. The molecule has 2 unspecified atom stereocenters.